The number of benzene rings is 3. The van der Waals surface area contributed by atoms with Gasteiger partial charge in [-0.15, -0.1) is 0 Å². The fourth-order valence-corrected chi connectivity index (χ4v) is 6.19. The molecule has 1 saturated heterocycles. The number of hydrogen-bond donors (Lipinski definition) is 4. The van der Waals surface area contributed by atoms with Crippen molar-refractivity contribution in [3.05, 3.63) is 102 Å². The molecule has 0 bridgehead atoms. The molecular formula is C40H56N4O7. The Morgan fingerprint density at radius 2 is 1.59 bits per heavy atom. The predicted molar refractivity (Wildman–Crippen MR) is 199 cm³/mol. The number of rotatable bonds is 22. The number of methoxy groups -OCH3 is 1. The lowest BCUT2D eigenvalue weighted by atomic mass is 9.85. The molecule has 1 amide bonds. The number of carbonyl (C=O) groups excluding carboxylic acids is 1. The summed E-state index contributed by atoms with van der Waals surface area (Å²) in [6.07, 6.45) is 0.957. The Balaban J connectivity index is 1.39. The van der Waals surface area contributed by atoms with Gasteiger partial charge in [0.15, 0.2) is 0 Å². The third-order valence-electron chi connectivity index (χ3n) is 8.79. The second kappa shape index (κ2) is 21.3. The van der Waals surface area contributed by atoms with Gasteiger partial charge in [0.25, 0.3) is 0 Å². The van der Waals surface area contributed by atoms with Crippen LogP contribution in [0.15, 0.2) is 85.1 Å². The van der Waals surface area contributed by atoms with Gasteiger partial charge < -0.3 is 50.5 Å². The largest absolute Gasteiger partial charge is 0.496 e. The number of ether oxygens (including phenoxy) is 6. The van der Waals surface area contributed by atoms with Gasteiger partial charge in [-0.3, -0.25) is 4.79 Å². The number of hydrogen-bond acceptors (Lipinski definition) is 10. The number of carbonyl (C=O) groups is 1. The average molecular weight is 705 g/mol. The zero-order valence-corrected chi connectivity index (χ0v) is 30.3. The van der Waals surface area contributed by atoms with Crippen LogP contribution in [0.2, 0.25) is 0 Å². The van der Waals surface area contributed by atoms with Gasteiger partial charge in [-0.05, 0) is 54.3 Å². The highest BCUT2D eigenvalue weighted by atomic mass is 16.5. The zero-order chi connectivity index (χ0) is 36.4. The minimum absolute atomic E-state index is 0.0531. The summed E-state index contributed by atoms with van der Waals surface area (Å²) in [4.78, 5) is 12.2. The maximum absolute atomic E-state index is 12.2. The normalized spacial score (nSPS) is 17.8. The molecule has 3 aromatic carbocycles. The summed E-state index contributed by atoms with van der Waals surface area (Å²) in [7, 11) is 1.66. The van der Waals surface area contributed by atoms with Crippen LogP contribution in [0.1, 0.15) is 42.9 Å². The molecule has 1 aliphatic heterocycles. The molecule has 0 saturated carbocycles. The molecular weight excluding hydrogens is 648 g/mol. The minimum Gasteiger partial charge on any atom is -0.496 e. The molecule has 4 atom stereocenters. The lowest BCUT2D eigenvalue weighted by Gasteiger charge is -2.40. The molecule has 1 fully saturated rings. The van der Waals surface area contributed by atoms with E-state index < -0.39 is 0 Å². The van der Waals surface area contributed by atoms with Crippen LogP contribution in [0.3, 0.4) is 0 Å². The van der Waals surface area contributed by atoms with Gasteiger partial charge in [-0.25, -0.2) is 0 Å². The Hall–Kier alpha value is -4.13. The van der Waals surface area contributed by atoms with E-state index in [4.69, 9.17) is 39.9 Å². The van der Waals surface area contributed by atoms with Crippen molar-refractivity contribution in [2.24, 2.45) is 17.4 Å². The second-order valence-corrected chi connectivity index (χ2v) is 12.8. The molecule has 278 valence electrons. The maximum Gasteiger partial charge on any atom is 0.234 e. The fourth-order valence-electron chi connectivity index (χ4n) is 6.19. The molecule has 0 radical (unpaired) electrons. The van der Waals surface area contributed by atoms with Crippen LogP contribution in [0.5, 0.6) is 17.2 Å². The Labute approximate surface area is 303 Å². The molecule has 1 aliphatic rings. The van der Waals surface area contributed by atoms with Crippen LogP contribution in [0, 0.1) is 5.92 Å². The quantitative estimate of drug-likeness (QED) is 0.0880. The Bertz CT molecular complexity index is 1490. The summed E-state index contributed by atoms with van der Waals surface area (Å²) in [5.74, 6) is 2.55. The molecule has 11 heteroatoms. The van der Waals surface area contributed by atoms with E-state index in [-0.39, 0.29) is 42.5 Å². The molecule has 51 heavy (non-hydrogen) atoms. The molecule has 4 rings (SSSR count). The molecule has 0 unspecified atom stereocenters. The molecule has 0 aliphatic carbocycles. The van der Waals surface area contributed by atoms with E-state index in [1.807, 2.05) is 74.5 Å². The summed E-state index contributed by atoms with van der Waals surface area (Å²) in [6.45, 7) is 12.2. The molecule has 11 nitrogen and oxygen atoms in total. The van der Waals surface area contributed by atoms with Crippen molar-refractivity contribution in [2.45, 2.75) is 57.5 Å². The van der Waals surface area contributed by atoms with Gasteiger partial charge in [0.05, 0.1) is 52.2 Å². The lowest BCUT2D eigenvalue weighted by Crippen LogP contribution is -2.52. The smallest absolute Gasteiger partial charge is 0.234 e. The highest BCUT2D eigenvalue weighted by Gasteiger charge is 2.38. The van der Waals surface area contributed by atoms with E-state index in [1.165, 1.54) is 0 Å². The van der Waals surface area contributed by atoms with Crippen molar-refractivity contribution >= 4 is 5.91 Å². The summed E-state index contributed by atoms with van der Waals surface area (Å²) in [5.41, 5.74) is 14.5. The molecule has 3 aromatic rings. The van der Waals surface area contributed by atoms with E-state index in [1.54, 1.807) is 7.11 Å². The fraction of sp³-hybridized carbons (Fsp3) is 0.475. The Morgan fingerprint density at radius 3 is 2.29 bits per heavy atom. The lowest BCUT2D eigenvalue weighted by molar-refractivity contribution is -0.121. The average Bonchev–Trinajstić information content (AvgIpc) is 3.14. The first-order valence-corrected chi connectivity index (χ1v) is 17.8. The molecule has 0 aromatic heterocycles. The van der Waals surface area contributed by atoms with Gasteiger partial charge in [0, 0.05) is 31.0 Å². The highest BCUT2D eigenvalue weighted by molar-refractivity contribution is 5.78. The van der Waals surface area contributed by atoms with E-state index in [2.05, 4.69) is 29.3 Å². The SMILES string of the molecule is C=C(O[C@@H]1CNC[C@H](OCCOc2ccccc2CCN)[C@H]1c1ccc(OCCCOCc2ccccc2OC)cc1)[C@@H](NC(=O)CN)C(C)C. The summed E-state index contributed by atoms with van der Waals surface area (Å²) in [6, 6.07) is 23.5. The first kappa shape index (κ1) is 39.7. The number of amides is 1. The zero-order valence-electron chi connectivity index (χ0n) is 30.3. The first-order valence-electron chi connectivity index (χ1n) is 17.8. The van der Waals surface area contributed by atoms with Crippen molar-refractivity contribution in [1.82, 2.24) is 10.6 Å². The second-order valence-electron chi connectivity index (χ2n) is 12.8. The van der Waals surface area contributed by atoms with Crippen LogP contribution in [-0.4, -0.2) is 83.9 Å². The Morgan fingerprint density at radius 1 is 0.882 bits per heavy atom. The molecule has 6 N–H and O–H groups in total. The topological polar surface area (TPSA) is 149 Å². The van der Waals surface area contributed by atoms with Gasteiger partial charge in [-0.2, -0.15) is 0 Å². The number of piperidine rings is 1. The monoisotopic (exact) mass is 704 g/mol. The van der Waals surface area contributed by atoms with Gasteiger partial charge in [0.1, 0.15) is 35.7 Å². The first-order chi connectivity index (χ1) is 24.8. The number of nitrogens with one attached hydrogen (secondary N) is 2. The van der Waals surface area contributed by atoms with Gasteiger partial charge in [-0.1, -0.05) is 69.0 Å². The Kier molecular flexibility index (Phi) is 16.5. The van der Waals surface area contributed by atoms with Crippen molar-refractivity contribution < 1.29 is 33.2 Å². The maximum atomic E-state index is 12.2. The van der Waals surface area contributed by atoms with E-state index in [9.17, 15) is 4.79 Å². The van der Waals surface area contributed by atoms with Crippen molar-refractivity contribution in [3.8, 4) is 17.2 Å². The van der Waals surface area contributed by atoms with Crippen LogP contribution in [-0.2, 0) is 32.0 Å². The predicted octanol–water partition coefficient (Wildman–Crippen LogP) is 4.33. The molecule has 0 spiro atoms. The minimum atomic E-state index is -0.389. The number of para-hydroxylation sites is 2. The number of nitrogens with two attached hydrogens (primary N) is 2. The van der Waals surface area contributed by atoms with Crippen molar-refractivity contribution in [1.29, 1.82) is 0 Å². The summed E-state index contributed by atoms with van der Waals surface area (Å²) in [5, 5.41) is 6.42. The summed E-state index contributed by atoms with van der Waals surface area (Å²) < 4.78 is 36.5. The van der Waals surface area contributed by atoms with Crippen molar-refractivity contribution in [3.63, 3.8) is 0 Å². The summed E-state index contributed by atoms with van der Waals surface area (Å²) >= 11 is 0. The van der Waals surface area contributed by atoms with Gasteiger partial charge in [0.2, 0.25) is 5.91 Å². The third-order valence-corrected chi connectivity index (χ3v) is 8.79. The van der Waals surface area contributed by atoms with Gasteiger partial charge >= 0.3 is 0 Å². The van der Waals surface area contributed by atoms with E-state index in [0.29, 0.717) is 58.4 Å². The van der Waals surface area contributed by atoms with E-state index >= 15 is 0 Å². The molecule has 1 heterocycles. The van der Waals surface area contributed by atoms with Crippen molar-refractivity contribution in [2.75, 3.05) is 59.7 Å². The van der Waals surface area contributed by atoms with Crippen LogP contribution in [0.4, 0.5) is 0 Å². The van der Waals surface area contributed by atoms with Crippen LogP contribution < -0.4 is 36.3 Å². The standard InChI is InChI=1S/C40H56N4O7/c1-28(2)40(44-38(45)24-42)29(3)51-37-26-43-25-36(50-23-22-49-35-13-8-5-10-30(35)18-19-41)39(37)31-14-16-33(17-15-31)48-21-9-20-47-27-32-11-6-7-12-34(32)46-4/h5-8,10-17,28,36-37,39-40,43H,3,9,18-27,41-42H2,1-2,4H3,(H,44,45)/t36-,37+,39+,40-/m0/s1. The van der Waals surface area contributed by atoms with Crippen LogP contribution in [0.25, 0.3) is 0 Å². The van der Waals surface area contributed by atoms with Crippen LogP contribution >= 0.6 is 0 Å². The third kappa shape index (κ3) is 12.3. The highest BCUT2D eigenvalue weighted by Crippen LogP contribution is 2.33. The van der Waals surface area contributed by atoms with E-state index in [0.717, 1.165) is 46.8 Å².